The van der Waals surface area contributed by atoms with Gasteiger partial charge in [-0.05, 0) is 12.8 Å². The topological polar surface area (TPSA) is 80.0 Å². The van der Waals surface area contributed by atoms with Crippen LogP contribution in [0, 0.1) is 0 Å². The van der Waals surface area contributed by atoms with E-state index in [0.29, 0.717) is 19.4 Å². The minimum atomic E-state index is -0.0114. The first-order chi connectivity index (χ1) is 7.33. The average Bonchev–Trinajstić information content (AvgIpc) is 2.74. The maximum Gasteiger partial charge on any atom is 0.220 e. The van der Waals surface area contributed by atoms with Crippen LogP contribution in [0.25, 0.3) is 0 Å². The molecule has 1 aromatic heterocycles. The highest BCUT2D eigenvalue weighted by Gasteiger charge is 1.99. The molecule has 84 valence electrons. The minimum Gasteiger partial charge on any atom is -0.396 e. The second-order valence-corrected chi connectivity index (χ2v) is 3.20. The van der Waals surface area contributed by atoms with Crippen LogP contribution in [0.4, 0.5) is 0 Å². The van der Waals surface area contributed by atoms with Gasteiger partial charge in [-0.25, -0.2) is 0 Å². The average molecular weight is 212 g/mol. The van der Waals surface area contributed by atoms with Crippen LogP contribution in [0.3, 0.4) is 0 Å². The lowest BCUT2D eigenvalue weighted by Gasteiger charge is -2.04. The summed E-state index contributed by atoms with van der Waals surface area (Å²) in [5.41, 5.74) is 0. The van der Waals surface area contributed by atoms with E-state index in [0.717, 1.165) is 13.0 Å². The molecule has 0 radical (unpaired) electrons. The highest BCUT2D eigenvalue weighted by molar-refractivity contribution is 5.75. The van der Waals surface area contributed by atoms with Gasteiger partial charge in [-0.1, -0.05) is 5.21 Å². The molecular formula is C9H16N4O2. The van der Waals surface area contributed by atoms with Gasteiger partial charge in [0.1, 0.15) is 0 Å². The van der Waals surface area contributed by atoms with Crippen LogP contribution >= 0.6 is 0 Å². The Morgan fingerprint density at radius 2 is 2.33 bits per heavy atom. The Kier molecular flexibility index (Phi) is 5.39. The lowest BCUT2D eigenvalue weighted by atomic mass is 10.3. The Hall–Kier alpha value is -1.43. The Labute approximate surface area is 88.3 Å². The Morgan fingerprint density at radius 3 is 3.00 bits per heavy atom. The molecule has 0 aromatic carbocycles. The zero-order chi connectivity index (χ0) is 10.9. The molecule has 6 heteroatoms. The molecule has 0 aliphatic heterocycles. The van der Waals surface area contributed by atoms with Crippen LogP contribution < -0.4 is 5.32 Å². The van der Waals surface area contributed by atoms with Gasteiger partial charge in [-0.2, -0.15) is 0 Å². The van der Waals surface area contributed by atoms with Crippen LogP contribution in [0.1, 0.15) is 19.3 Å². The summed E-state index contributed by atoms with van der Waals surface area (Å²) in [6.07, 6.45) is 5.15. The third-order valence-electron chi connectivity index (χ3n) is 1.92. The van der Waals surface area contributed by atoms with E-state index in [4.69, 9.17) is 5.11 Å². The Morgan fingerprint density at radius 1 is 1.47 bits per heavy atom. The summed E-state index contributed by atoms with van der Waals surface area (Å²) < 4.78 is 1.72. The van der Waals surface area contributed by atoms with E-state index in [2.05, 4.69) is 15.6 Å². The lowest BCUT2D eigenvalue weighted by Crippen LogP contribution is -2.25. The number of nitrogens with one attached hydrogen (secondary N) is 1. The predicted molar refractivity (Wildman–Crippen MR) is 54.0 cm³/mol. The monoisotopic (exact) mass is 212 g/mol. The van der Waals surface area contributed by atoms with E-state index in [1.165, 1.54) is 0 Å². The smallest absolute Gasteiger partial charge is 0.220 e. The zero-order valence-corrected chi connectivity index (χ0v) is 8.59. The summed E-state index contributed by atoms with van der Waals surface area (Å²) in [6.45, 7) is 1.44. The maximum absolute atomic E-state index is 11.1. The van der Waals surface area contributed by atoms with Crippen molar-refractivity contribution in [1.82, 2.24) is 20.3 Å². The fourth-order valence-electron chi connectivity index (χ4n) is 1.15. The van der Waals surface area contributed by atoms with Gasteiger partial charge >= 0.3 is 0 Å². The molecule has 0 aliphatic rings. The first kappa shape index (κ1) is 11.6. The van der Waals surface area contributed by atoms with E-state index >= 15 is 0 Å². The van der Waals surface area contributed by atoms with Gasteiger partial charge in [0.15, 0.2) is 0 Å². The van der Waals surface area contributed by atoms with Gasteiger partial charge in [-0.15, -0.1) is 5.10 Å². The molecule has 0 fully saturated rings. The predicted octanol–water partition coefficient (Wildman–Crippen LogP) is -0.443. The molecule has 0 bridgehead atoms. The van der Waals surface area contributed by atoms with Crippen molar-refractivity contribution in [3.8, 4) is 0 Å². The summed E-state index contributed by atoms with van der Waals surface area (Å²) in [5, 5.41) is 18.8. The number of aliphatic hydroxyl groups excluding tert-OH is 1. The van der Waals surface area contributed by atoms with Gasteiger partial charge in [0, 0.05) is 32.3 Å². The number of aryl methyl sites for hydroxylation is 1. The summed E-state index contributed by atoms with van der Waals surface area (Å²) in [5.74, 6) is -0.0114. The van der Waals surface area contributed by atoms with Gasteiger partial charge in [0.2, 0.25) is 5.91 Å². The number of aromatic nitrogens is 3. The third-order valence-corrected chi connectivity index (χ3v) is 1.92. The molecule has 2 N–H and O–H groups in total. The van der Waals surface area contributed by atoms with Crippen LogP contribution in [-0.4, -0.2) is 39.2 Å². The van der Waals surface area contributed by atoms with Gasteiger partial charge in [0.25, 0.3) is 0 Å². The standard InChI is InChI=1S/C9H16N4O2/c14-8-1-3-9(15)10-4-2-6-13-7-5-11-12-13/h5,7,14H,1-4,6,8H2,(H,10,15). The van der Waals surface area contributed by atoms with Gasteiger partial charge in [0.05, 0.1) is 6.20 Å². The molecule has 1 heterocycles. The molecular weight excluding hydrogens is 196 g/mol. The summed E-state index contributed by atoms with van der Waals surface area (Å²) >= 11 is 0. The van der Waals surface area contributed by atoms with Crippen molar-refractivity contribution >= 4 is 5.91 Å². The first-order valence-electron chi connectivity index (χ1n) is 5.04. The number of nitrogens with zero attached hydrogens (tertiary/aromatic N) is 3. The van der Waals surface area contributed by atoms with E-state index in [1.807, 2.05) is 0 Å². The quantitative estimate of drug-likeness (QED) is 0.600. The Balaban J connectivity index is 1.99. The number of hydrogen-bond acceptors (Lipinski definition) is 4. The summed E-state index contributed by atoms with van der Waals surface area (Å²) in [6, 6.07) is 0. The van der Waals surface area contributed by atoms with Crippen LogP contribution in [0.15, 0.2) is 12.4 Å². The second-order valence-electron chi connectivity index (χ2n) is 3.20. The highest BCUT2D eigenvalue weighted by atomic mass is 16.3. The number of hydrogen-bond donors (Lipinski definition) is 2. The number of rotatable bonds is 7. The van der Waals surface area contributed by atoms with Crippen LogP contribution in [0.5, 0.6) is 0 Å². The van der Waals surface area contributed by atoms with Crippen LogP contribution in [0.2, 0.25) is 0 Å². The van der Waals surface area contributed by atoms with E-state index in [1.54, 1.807) is 17.1 Å². The normalized spacial score (nSPS) is 10.2. The fourth-order valence-corrected chi connectivity index (χ4v) is 1.15. The van der Waals surface area contributed by atoms with E-state index < -0.39 is 0 Å². The molecule has 0 atom stereocenters. The van der Waals surface area contributed by atoms with E-state index in [9.17, 15) is 4.79 Å². The van der Waals surface area contributed by atoms with Crippen molar-refractivity contribution in [2.24, 2.45) is 0 Å². The number of aliphatic hydroxyl groups is 1. The largest absolute Gasteiger partial charge is 0.396 e. The van der Waals surface area contributed by atoms with Crippen molar-refractivity contribution in [3.63, 3.8) is 0 Å². The fraction of sp³-hybridized carbons (Fsp3) is 0.667. The molecule has 0 aliphatic carbocycles. The van der Waals surface area contributed by atoms with Crippen molar-refractivity contribution in [3.05, 3.63) is 12.4 Å². The molecule has 0 unspecified atom stereocenters. The molecule has 1 rings (SSSR count). The number of amides is 1. The van der Waals surface area contributed by atoms with Gasteiger partial charge < -0.3 is 10.4 Å². The van der Waals surface area contributed by atoms with Crippen molar-refractivity contribution in [2.45, 2.75) is 25.8 Å². The molecule has 1 amide bonds. The molecule has 1 aromatic rings. The third kappa shape index (κ3) is 5.11. The maximum atomic E-state index is 11.1. The minimum absolute atomic E-state index is 0.0114. The summed E-state index contributed by atoms with van der Waals surface area (Å²) in [4.78, 5) is 11.1. The summed E-state index contributed by atoms with van der Waals surface area (Å²) in [7, 11) is 0. The zero-order valence-electron chi connectivity index (χ0n) is 8.59. The molecule has 0 saturated carbocycles. The van der Waals surface area contributed by atoms with Crippen molar-refractivity contribution in [2.75, 3.05) is 13.2 Å². The SMILES string of the molecule is O=C(CCCO)NCCCn1ccnn1. The van der Waals surface area contributed by atoms with Gasteiger partial charge in [-0.3, -0.25) is 9.48 Å². The van der Waals surface area contributed by atoms with Crippen molar-refractivity contribution < 1.29 is 9.90 Å². The van der Waals surface area contributed by atoms with Crippen molar-refractivity contribution in [1.29, 1.82) is 0 Å². The number of carbonyl (C=O) groups excluding carboxylic acids is 1. The molecule has 0 spiro atoms. The second kappa shape index (κ2) is 6.94. The number of carbonyl (C=O) groups is 1. The van der Waals surface area contributed by atoms with Crippen LogP contribution in [-0.2, 0) is 11.3 Å². The molecule has 6 nitrogen and oxygen atoms in total. The highest BCUT2D eigenvalue weighted by Crippen LogP contribution is 1.89. The van der Waals surface area contributed by atoms with E-state index in [-0.39, 0.29) is 12.5 Å². The lowest BCUT2D eigenvalue weighted by molar-refractivity contribution is -0.121. The molecule has 0 saturated heterocycles. The first-order valence-corrected chi connectivity index (χ1v) is 5.04. The Bertz CT molecular complexity index is 274. The molecule has 15 heavy (non-hydrogen) atoms.